The number of likely N-dealkylation sites (tertiary alicyclic amines) is 1. The fraction of sp³-hybridized carbons (Fsp3) is 0.533. The molecule has 5 heteroatoms. The van der Waals surface area contributed by atoms with Gasteiger partial charge in [0.2, 0.25) is 5.91 Å². The Morgan fingerprint density at radius 2 is 2.05 bits per heavy atom. The molecule has 1 saturated heterocycles. The zero-order valence-corrected chi connectivity index (χ0v) is 13.0. The topological polar surface area (TPSA) is 44.4 Å². The van der Waals surface area contributed by atoms with Crippen LogP contribution in [0.15, 0.2) is 30.3 Å². The summed E-state index contributed by atoms with van der Waals surface area (Å²) in [7, 11) is 1.79. The minimum absolute atomic E-state index is 0. The number of carbonyl (C=O) groups excluding carboxylic acids is 1. The van der Waals surface area contributed by atoms with Crippen LogP contribution in [-0.2, 0) is 11.3 Å². The molecule has 2 atom stereocenters. The molecular weight excluding hydrogens is 274 g/mol. The lowest BCUT2D eigenvalue weighted by Gasteiger charge is -2.20. The third-order valence-corrected chi connectivity index (χ3v) is 3.63. The molecule has 1 aromatic carbocycles. The summed E-state index contributed by atoms with van der Waals surface area (Å²) in [5, 5.41) is 5.96. The number of hydrogen-bond acceptors (Lipinski definition) is 3. The molecule has 112 valence electrons. The van der Waals surface area contributed by atoms with E-state index in [0.29, 0.717) is 12.6 Å². The van der Waals surface area contributed by atoms with Crippen LogP contribution in [0.2, 0.25) is 0 Å². The molecule has 2 unspecified atom stereocenters. The monoisotopic (exact) mass is 297 g/mol. The van der Waals surface area contributed by atoms with Crippen LogP contribution >= 0.6 is 12.4 Å². The molecule has 0 spiro atoms. The van der Waals surface area contributed by atoms with Gasteiger partial charge in [0.1, 0.15) is 0 Å². The minimum atomic E-state index is 0. The van der Waals surface area contributed by atoms with E-state index < -0.39 is 0 Å². The fourth-order valence-electron chi connectivity index (χ4n) is 2.68. The Balaban J connectivity index is 0.00000200. The van der Waals surface area contributed by atoms with Gasteiger partial charge in [-0.3, -0.25) is 9.69 Å². The molecule has 1 aliphatic heterocycles. The van der Waals surface area contributed by atoms with Crippen molar-refractivity contribution >= 4 is 18.3 Å². The van der Waals surface area contributed by atoms with Crippen molar-refractivity contribution < 1.29 is 4.79 Å². The van der Waals surface area contributed by atoms with Crippen molar-refractivity contribution in [3.63, 3.8) is 0 Å². The van der Waals surface area contributed by atoms with Gasteiger partial charge >= 0.3 is 0 Å². The quantitative estimate of drug-likeness (QED) is 0.864. The number of nitrogens with zero attached hydrogens (tertiary/aromatic N) is 1. The second-order valence-corrected chi connectivity index (χ2v) is 5.29. The summed E-state index contributed by atoms with van der Waals surface area (Å²) in [6.45, 7) is 4.52. The van der Waals surface area contributed by atoms with E-state index in [-0.39, 0.29) is 24.4 Å². The number of hydrogen-bond donors (Lipinski definition) is 2. The predicted molar refractivity (Wildman–Crippen MR) is 84.0 cm³/mol. The van der Waals surface area contributed by atoms with Gasteiger partial charge in [-0.1, -0.05) is 30.3 Å². The Kier molecular flexibility index (Phi) is 6.99. The highest BCUT2D eigenvalue weighted by Gasteiger charge is 2.29. The molecule has 2 rings (SSSR count). The highest BCUT2D eigenvalue weighted by atomic mass is 35.5. The van der Waals surface area contributed by atoms with Crippen LogP contribution in [-0.4, -0.2) is 43.0 Å². The van der Waals surface area contributed by atoms with Gasteiger partial charge in [0.05, 0.1) is 6.54 Å². The van der Waals surface area contributed by atoms with Gasteiger partial charge < -0.3 is 10.6 Å². The maximum absolute atomic E-state index is 11.6. The summed E-state index contributed by atoms with van der Waals surface area (Å²) >= 11 is 0. The van der Waals surface area contributed by atoms with E-state index in [0.717, 1.165) is 19.5 Å². The minimum Gasteiger partial charge on any atom is -0.351 e. The van der Waals surface area contributed by atoms with E-state index in [4.69, 9.17) is 0 Å². The number of likely N-dealkylation sites (N-methyl/N-ethyl adjacent to an activating group) is 1. The van der Waals surface area contributed by atoms with Gasteiger partial charge in [0.25, 0.3) is 0 Å². The van der Waals surface area contributed by atoms with Crippen LogP contribution in [0.5, 0.6) is 0 Å². The zero-order chi connectivity index (χ0) is 13.7. The number of benzene rings is 1. The molecular formula is C15H24ClN3O. The molecule has 0 aromatic heterocycles. The standard InChI is InChI=1S/C15H23N3O.ClH/c1-12-8-14(17-15(19)9-16-2)11-18(12)10-13-6-4-3-5-7-13;/h3-7,12,14,16H,8-11H2,1-2H3,(H,17,19);1H. The third kappa shape index (κ3) is 4.78. The van der Waals surface area contributed by atoms with E-state index in [9.17, 15) is 4.79 Å². The largest absolute Gasteiger partial charge is 0.351 e. The maximum Gasteiger partial charge on any atom is 0.234 e. The molecule has 0 saturated carbocycles. The lowest BCUT2D eigenvalue weighted by molar-refractivity contribution is -0.120. The van der Waals surface area contributed by atoms with E-state index >= 15 is 0 Å². The molecule has 1 aliphatic rings. The molecule has 1 amide bonds. The van der Waals surface area contributed by atoms with E-state index in [1.54, 1.807) is 7.05 Å². The number of nitrogens with one attached hydrogen (secondary N) is 2. The van der Waals surface area contributed by atoms with Crippen molar-refractivity contribution in [3.8, 4) is 0 Å². The summed E-state index contributed by atoms with van der Waals surface area (Å²) in [4.78, 5) is 14.0. The average molecular weight is 298 g/mol. The lowest BCUT2D eigenvalue weighted by Crippen LogP contribution is -2.41. The fourth-order valence-corrected chi connectivity index (χ4v) is 2.68. The Labute approximate surface area is 127 Å². The van der Waals surface area contributed by atoms with Gasteiger partial charge in [0.15, 0.2) is 0 Å². The first kappa shape index (κ1) is 17.0. The van der Waals surface area contributed by atoms with Crippen LogP contribution < -0.4 is 10.6 Å². The molecule has 1 aromatic rings. The van der Waals surface area contributed by atoms with E-state index in [2.05, 4.69) is 46.7 Å². The summed E-state index contributed by atoms with van der Waals surface area (Å²) in [5.41, 5.74) is 1.33. The van der Waals surface area contributed by atoms with E-state index in [1.807, 2.05) is 6.07 Å². The molecule has 0 bridgehead atoms. The van der Waals surface area contributed by atoms with Crippen LogP contribution in [0.3, 0.4) is 0 Å². The SMILES string of the molecule is CNCC(=O)NC1CC(C)N(Cc2ccccc2)C1.Cl. The Morgan fingerprint density at radius 1 is 1.35 bits per heavy atom. The summed E-state index contributed by atoms with van der Waals surface area (Å²) in [6.07, 6.45) is 1.03. The van der Waals surface area contributed by atoms with Gasteiger partial charge in [-0.15, -0.1) is 12.4 Å². The molecule has 1 fully saturated rings. The molecule has 2 N–H and O–H groups in total. The number of halogens is 1. The molecule has 20 heavy (non-hydrogen) atoms. The van der Waals surface area contributed by atoms with Gasteiger partial charge in [-0.25, -0.2) is 0 Å². The highest BCUT2D eigenvalue weighted by Crippen LogP contribution is 2.20. The number of carbonyl (C=O) groups is 1. The maximum atomic E-state index is 11.6. The Bertz CT molecular complexity index is 413. The van der Waals surface area contributed by atoms with Crippen molar-refractivity contribution in [2.24, 2.45) is 0 Å². The van der Waals surface area contributed by atoms with Crippen molar-refractivity contribution in [2.75, 3.05) is 20.1 Å². The van der Waals surface area contributed by atoms with Crippen LogP contribution in [0.25, 0.3) is 0 Å². The second kappa shape index (κ2) is 8.25. The molecule has 0 radical (unpaired) electrons. The van der Waals surface area contributed by atoms with Gasteiger partial charge in [-0.2, -0.15) is 0 Å². The lowest BCUT2D eigenvalue weighted by atomic mass is 10.2. The van der Waals surface area contributed by atoms with Crippen molar-refractivity contribution in [3.05, 3.63) is 35.9 Å². The van der Waals surface area contributed by atoms with Crippen molar-refractivity contribution in [2.45, 2.75) is 32.0 Å². The second-order valence-electron chi connectivity index (χ2n) is 5.29. The summed E-state index contributed by atoms with van der Waals surface area (Å²) in [6, 6.07) is 11.3. The van der Waals surface area contributed by atoms with Crippen molar-refractivity contribution in [1.29, 1.82) is 0 Å². The molecule has 4 nitrogen and oxygen atoms in total. The Morgan fingerprint density at radius 3 is 2.70 bits per heavy atom. The highest BCUT2D eigenvalue weighted by molar-refractivity contribution is 5.85. The average Bonchev–Trinajstić information content (AvgIpc) is 2.71. The predicted octanol–water partition coefficient (Wildman–Crippen LogP) is 1.41. The van der Waals surface area contributed by atoms with Crippen molar-refractivity contribution in [1.82, 2.24) is 15.5 Å². The first-order chi connectivity index (χ1) is 9.19. The summed E-state index contributed by atoms with van der Waals surface area (Å²) < 4.78 is 0. The van der Waals surface area contributed by atoms with Crippen LogP contribution in [0.1, 0.15) is 18.9 Å². The van der Waals surface area contributed by atoms with E-state index in [1.165, 1.54) is 5.56 Å². The Hall–Kier alpha value is -1.10. The van der Waals surface area contributed by atoms with Gasteiger partial charge in [-0.05, 0) is 26.0 Å². The molecule has 0 aliphatic carbocycles. The van der Waals surface area contributed by atoms with Crippen LogP contribution in [0, 0.1) is 0 Å². The molecule has 1 heterocycles. The number of rotatable bonds is 5. The normalized spacial score (nSPS) is 22.3. The first-order valence-corrected chi connectivity index (χ1v) is 6.91. The smallest absolute Gasteiger partial charge is 0.234 e. The van der Waals surface area contributed by atoms with Gasteiger partial charge in [0, 0.05) is 25.2 Å². The summed E-state index contributed by atoms with van der Waals surface area (Å²) in [5.74, 6) is 0.0845. The number of amides is 1. The van der Waals surface area contributed by atoms with Crippen LogP contribution in [0.4, 0.5) is 0 Å². The third-order valence-electron chi connectivity index (χ3n) is 3.63. The first-order valence-electron chi connectivity index (χ1n) is 6.91. The zero-order valence-electron chi connectivity index (χ0n) is 12.1.